The van der Waals surface area contributed by atoms with Crippen molar-refractivity contribution in [2.24, 2.45) is 0 Å². The van der Waals surface area contributed by atoms with Gasteiger partial charge in [-0.05, 0) is 32.7 Å². The zero-order valence-corrected chi connectivity index (χ0v) is 19.7. The van der Waals surface area contributed by atoms with Gasteiger partial charge >= 0.3 is 25.7 Å². The molecule has 1 aliphatic heterocycles. The van der Waals surface area contributed by atoms with Crippen molar-refractivity contribution in [2.75, 3.05) is 0 Å². The standard InChI is InChI=1S/C24H24O3Si3/c1-4-28(22-16-10-7-11-17-22)25-29(5-2,23-18-12-8-13-19-23)27-30(6-3,26-28)24-20-14-9-15-21-24/h4-21H,1-3H2. The fourth-order valence-corrected chi connectivity index (χ4v) is 18.2. The van der Waals surface area contributed by atoms with Gasteiger partial charge in [-0.1, -0.05) is 91.0 Å². The topological polar surface area (TPSA) is 27.7 Å². The maximum atomic E-state index is 6.89. The molecule has 3 aromatic rings. The van der Waals surface area contributed by atoms with Gasteiger partial charge in [-0.3, -0.25) is 0 Å². The summed E-state index contributed by atoms with van der Waals surface area (Å²) in [6.45, 7) is 12.5. The quantitative estimate of drug-likeness (QED) is 0.546. The third-order valence-electron chi connectivity index (χ3n) is 5.24. The van der Waals surface area contributed by atoms with Gasteiger partial charge in [0.25, 0.3) is 0 Å². The molecule has 0 N–H and O–H groups in total. The third kappa shape index (κ3) is 3.43. The minimum Gasteiger partial charge on any atom is -0.403 e. The Kier molecular flexibility index (Phi) is 5.70. The average Bonchev–Trinajstić information content (AvgIpc) is 2.85. The van der Waals surface area contributed by atoms with E-state index in [1.165, 1.54) is 0 Å². The summed E-state index contributed by atoms with van der Waals surface area (Å²) >= 11 is 0. The van der Waals surface area contributed by atoms with E-state index in [0.29, 0.717) is 0 Å². The van der Waals surface area contributed by atoms with Gasteiger partial charge in [0.2, 0.25) is 0 Å². The van der Waals surface area contributed by atoms with Crippen LogP contribution in [0.1, 0.15) is 0 Å². The fourth-order valence-electron chi connectivity index (χ4n) is 3.71. The normalized spacial score (nSPS) is 28.4. The Morgan fingerprint density at radius 1 is 0.433 bits per heavy atom. The van der Waals surface area contributed by atoms with Gasteiger partial charge < -0.3 is 12.3 Å². The van der Waals surface area contributed by atoms with E-state index in [9.17, 15) is 0 Å². The molecule has 0 bridgehead atoms. The molecule has 0 spiro atoms. The molecule has 1 fully saturated rings. The summed E-state index contributed by atoms with van der Waals surface area (Å²) in [5, 5.41) is 2.98. The molecule has 1 heterocycles. The van der Waals surface area contributed by atoms with Gasteiger partial charge in [0.1, 0.15) is 0 Å². The molecule has 0 aliphatic carbocycles. The van der Waals surface area contributed by atoms with Crippen molar-refractivity contribution >= 4 is 41.2 Å². The zero-order valence-electron chi connectivity index (χ0n) is 16.7. The van der Waals surface area contributed by atoms with Crippen LogP contribution >= 0.6 is 0 Å². The van der Waals surface area contributed by atoms with Crippen molar-refractivity contribution in [2.45, 2.75) is 0 Å². The lowest BCUT2D eigenvalue weighted by Crippen LogP contribution is -2.78. The molecule has 150 valence electrons. The lowest BCUT2D eigenvalue weighted by atomic mass is 10.4. The average molecular weight is 445 g/mol. The van der Waals surface area contributed by atoms with Gasteiger partial charge in [-0.15, -0.1) is 19.7 Å². The number of rotatable bonds is 6. The molecule has 0 radical (unpaired) electrons. The molecule has 0 saturated carbocycles. The number of hydrogen-bond acceptors (Lipinski definition) is 3. The Morgan fingerprint density at radius 3 is 0.867 bits per heavy atom. The first-order valence-corrected chi connectivity index (χ1v) is 15.5. The van der Waals surface area contributed by atoms with Crippen LogP contribution in [0.25, 0.3) is 0 Å². The first-order chi connectivity index (χ1) is 14.6. The second kappa shape index (κ2) is 8.27. The van der Waals surface area contributed by atoms with Gasteiger partial charge in [0.05, 0.1) is 0 Å². The van der Waals surface area contributed by atoms with Crippen LogP contribution in [0, 0.1) is 0 Å². The fraction of sp³-hybridized carbons (Fsp3) is 0. The summed E-state index contributed by atoms with van der Waals surface area (Å²) in [6, 6.07) is 30.2. The van der Waals surface area contributed by atoms with E-state index in [2.05, 4.69) is 19.7 Å². The van der Waals surface area contributed by atoms with Crippen molar-refractivity contribution in [1.29, 1.82) is 0 Å². The zero-order chi connectivity index (χ0) is 21.1. The van der Waals surface area contributed by atoms with E-state index in [1.807, 2.05) is 108 Å². The molecule has 3 nitrogen and oxygen atoms in total. The van der Waals surface area contributed by atoms with Crippen LogP contribution in [0.3, 0.4) is 0 Å². The van der Waals surface area contributed by atoms with Crippen LogP contribution in [0.2, 0.25) is 0 Å². The van der Waals surface area contributed by atoms with E-state index < -0.39 is 25.7 Å². The lowest BCUT2D eigenvalue weighted by molar-refractivity contribution is 0.265. The smallest absolute Gasteiger partial charge is 0.382 e. The first kappa shape index (κ1) is 20.7. The van der Waals surface area contributed by atoms with E-state index in [-0.39, 0.29) is 0 Å². The van der Waals surface area contributed by atoms with Crippen LogP contribution in [0.4, 0.5) is 0 Å². The highest BCUT2D eigenvalue weighted by Crippen LogP contribution is 2.32. The minimum atomic E-state index is -3.09. The van der Waals surface area contributed by atoms with Crippen LogP contribution in [-0.4, -0.2) is 25.7 Å². The van der Waals surface area contributed by atoms with Gasteiger partial charge in [0.15, 0.2) is 0 Å². The van der Waals surface area contributed by atoms with E-state index in [1.54, 1.807) is 0 Å². The molecule has 0 atom stereocenters. The van der Waals surface area contributed by atoms with Crippen molar-refractivity contribution < 1.29 is 12.3 Å². The summed E-state index contributed by atoms with van der Waals surface area (Å²) in [4.78, 5) is 0. The minimum absolute atomic E-state index is 0.993. The molecular weight excluding hydrogens is 421 g/mol. The highest BCUT2D eigenvalue weighted by molar-refractivity contribution is 7.09. The maximum Gasteiger partial charge on any atom is 0.382 e. The monoisotopic (exact) mass is 444 g/mol. The molecule has 0 amide bonds. The molecule has 3 aromatic carbocycles. The van der Waals surface area contributed by atoms with Crippen molar-refractivity contribution in [3.63, 3.8) is 0 Å². The Hall–Kier alpha value is -2.59. The van der Waals surface area contributed by atoms with Crippen LogP contribution in [-0.2, 0) is 12.3 Å². The first-order valence-electron chi connectivity index (χ1n) is 9.80. The van der Waals surface area contributed by atoms with Crippen LogP contribution < -0.4 is 15.6 Å². The van der Waals surface area contributed by atoms with Crippen LogP contribution in [0.5, 0.6) is 0 Å². The Balaban J connectivity index is 1.99. The van der Waals surface area contributed by atoms with E-state index >= 15 is 0 Å². The van der Waals surface area contributed by atoms with Gasteiger partial charge in [-0.25, -0.2) is 0 Å². The maximum absolute atomic E-state index is 6.89. The van der Waals surface area contributed by atoms with Gasteiger partial charge in [0, 0.05) is 0 Å². The molecule has 30 heavy (non-hydrogen) atoms. The lowest BCUT2D eigenvalue weighted by Gasteiger charge is -2.50. The summed E-state index contributed by atoms with van der Waals surface area (Å²) in [7, 11) is -9.27. The molecule has 1 aliphatic rings. The predicted molar refractivity (Wildman–Crippen MR) is 129 cm³/mol. The molecule has 1 saturated heterocycles. The highest BCUT2D eigenvalue weighted by atomic mass is 28.5. The Morgan fingerprint density at radius 2 is 0.667 bits per heavy atom. The van der Waals surface area contributed by atoms with Crippen LogP contribution in [0.15, 0.2) is 128 Å². The summed E-state index contributed by atoms with van der Waals surface area (Å²) in [5.41, 5.74) is 5.56. The van der Waals surface area contributed by atoms with E-state index in [0.717, 1.165) is 15.6 Å². The predicted octanol–water partition coefficient (Wildman–Crippen LogP) is 3.27. The number of hydrogen-bond donors (Lipinski definition) is 0. The molecular formula is C24H24O3Si3. The Labute approximate surface area is 181 Å². The molecule has 0 aromatic heterocycles. The summed E-state index contributed by atoms with van der Waals surface area (Å²) in [5.74, 6) is 0. The summed E-state index contributed by atoms with van der Waals surface area (Å²) < 4.78 is 20.7. The summed E-state index contributed by atoms with van der Waals surface area (Å²) in [6.07, 6.45) is 0. The largest absolute Gasteiger partial charge is 0.403 e. The molecule has 6 heteroatoms. The Bertz CT molecular complexity index is 896. The van der Waals surface area contributed by atoms with E-state index in [4.69, 9.17) is 12.3 Å². The van der Waals surface area contributed by atoms with Gasteiger partial charge in [-0.2, -0.15) is 0 Å². The molecule has 0 unspecified atom stereocenters. The van der Waals surface area contributed by atoms with Crippen molar-refractivity contribution in [1.82, 2.24) is 0 Å². The second-order valence-corrected chi connectivity index (χ2v) is 16.4. The SMILES string of the molecule is C=C[Si]1(c2ccccc2)O[Si](C=C)(c2ccccc2)O[Si](C=C)(c2ccccc2)O1. The van der Waals surface area contributed by atoms with Crippen molar-refractivity contribution in [3.05, 3.63) is 128 Å². The second-order valence-electron chi connectivity index (χ2n) is 7.02. The number of benzene rings is 3. The van der Waals surface area contributed by atoms with Crippen molar-refractivity contribution in [3.8, 4) is 0 Å². The third-order valence-corrected chi connectivity index (χ3v) is 17.5. The molecule has 4 rings (SSSR count). The highest BCUT2D eigenvalue weighted by Gasteiger charge is 2.62.